The Morgan fingerprint density at radius 3 is 2.73 bits per heavy atom. The van der Waals surface area contributed by atoms with Gasteiger partial charge < -0.3 is 5.32 Å². The van der Waals surface area contributed by atoms with E-state index >= 15 is 0 Å². The first kappa shape index (κ1) is 8.62. The Kier molecular flexibility index (Phi) is 2.96. The minimum Gasteiger partial charge on any atom is -0.303 e. The highest BCUT2D eigenvalue weighted by Crippen LogP contribution is 2.36. The van der Waals surface area contributed by atoms with Crippen LogP contribution < -0.4 is 5.32 Å². The van der Waals surface area contributed by atoms with E-state index in [2.05, 4.69) is 25.1 Å². The molecule has 0 aromatic carbocycles. The molecule has 1 saturated carbocycles. The molecule has 0 spiro atoms. The number of hydrogen-bond acceptors (Lipinski definition) is 1. The molecule has 0 aliphatic heterocycles. The summed E-state index contributed by atoms with van der Waals surface area (Å²) in [4.78, 5) is 0. The highest BCUT2D eigenvalue weighted by molar-refractivity contribution is 4.99. The van der Waals surface area contributed by atoms with Crippen LogP contribution in [0.2, 0.25) is 0 Å². The number of hydrogen-bond donors (Lipinski definition) is 1. The SMILES string of the molecule is C#CC(CC)NCC1CC1C. The van der Waals surface area contributed by atoms with E-state index in [0.29, 0.717) is 6.04 Å². The third-order valence-electron chi connectivity index (χ3n) is 2.51. The number of terminal acetylenes is 1. The average Bonchev–Trinajstić information content (AvgIpc) is 2.69. The topological polar surface area (TPSA) is 12.0 Å². The molecule has 3 atom stereocenters. The van der Waals surface area contributed by atoms with E-state index in [1.165, 1.54) is 6.42 Å². The van der Waals surface area contributed by atoms with Gasteiger partial charge >= 0.3 is 0 Å². The second kappa shape index (κ2) is 3.78. The molecule has 0 aromatic heterocycles. The van der Waals surface area contributed by atoms with Crippen molar-refractivity contribution < 1.29 is 0 Å². The zero-order valence-electron chi connectivity index (χ0n) is 7.43. The van der Waals surface area contributed by atoms with Crippen LogP contribution in [0.15, 0.2) is 0 Å². The van der Waals surface area contributed by atoms with E-state index in [-0.39, 0.29) is 0 Å². The van der Waals surface area contributed by atoms with Crippen molar-refractivity contribution in [1.29, 1.82) is 0 Å². The predicted molar refractivity (Wildman–Crippen MR) is 48.2 cm³/mol. The molecular formula is C10H17N. The van der Waals surface area contributed by atoms with Gasteiger partial charge in [-0.05, 0) is 31.2 Å². The fourth-order valence-electron chi connectivity index (χ4n) is 1.30. The lowest BCUT2D eigenvalue weighted by Crippen LogP contribution is -2.28. The van der Waals surface area contributed by atoms with E-state index < -0.39 is 0 Å². The van der Waals surface area contributed by atoms with Gasteiger partial charge in [0, 0.05) is 0 Å². The van der Waals surface area contributed by atoms with Crippen molar-refractivity contribution in [2.24, 2.45) is 11.8 Å². The lowest BCUT2D eigenvalue weighted by molar-refractivity contribution is 0.550. The number of nitrogens with one attached hydrogen (secondary N) is 1. The minimum atomic E-state index is 0.294. The van der Waals surface area contributed by atoms with Crippen molar-refractivity contribution in [2.45, 2.75) is 32.7 Å². The molecule has 0 radical (unpaired) electrons. The molecule has 1 aliphatic rings. The van der Waals surface area contributed by atoms with E-state index in [9.17, 15) is 0 Å². The standard InChI is InChI=1S/C10H17N/c1-4-10(5-2)11-7-9-6-8(9)3/h1,8-11H,5-7H2,2-3H3. The van der Waals surface area contributed by atoms with Crippen LogP contribution in [0.3, 0.4) is 0 Å². The first-order valence-electron chi connectivity index (χ1n) is 4.47. The van der Waals surface area contributed by atoms with Crippen molar-refractivity contribution in [3.8, 4) is 12.3 Å². The zero-order chi connectivity index (χ0) is 8.27. The summed E-state index contributed by atoms with van der Waals surface area (Å²) in [7, 11) is 0. The highest BCUT2D eigenvalue weighted by atomic mass is 14.9. The molecule has 0 amide bonds. The van der Waals surface area contributed by atoms with Crippen LogP contribution in [0.5, 0.6) is 0 Å². The minimum absolute atomic E-state index is 0.294. The maximum atomic E-state index is 5.31. The highest BCUT2D eigenvalue weighted by Gasteiger charge is 2.31. The Balaban J connectivity index is 2.07. The van der Waals surface area contributed by atoms with Gasteiger partial charge in [0.1, 0.15) is 0 Å². The van der Waals surface area contributed by atoms with Gasteiger partial charge in [0.05, 0.1) is 6.04 Å². The van der Waals surface area contributed by atoms with Gasteiger partial charge in [0.15, 0.2) is 0 Å². The Bertz CT molecular complexity index is 157. The molecule has 11 heavy (non-hydrogen) atoms. The molecule has 0 bridgehead atoms. The van der Waals surface area contributed by atoms with Crippen LogP contribution >= 0.6 is 0 Å². The summed E-state index contributed by atoms with van der Waals surface area (Å²) >= 11 is 0. The second-order valence-electron chi connectivity index (χ2n) is 3.51. The molecule has 1 aliphatic carbocycles. The Morgan fingerprint density at radius 2 is 2.36 bits per heavy atom. The molecule has 0 aromatic rings. The first-order valence-corrected chi connectivity index (χ1v) is 4.47. The Hall–Kier alpha value is -0.480. The molecule has 1 nitrogen and oxygen atoms in total. The average molecular weight is 151 g/mol. The fourth-order valence-corrected chi connectivity index (χ4v) is 1.30. The maximum absolute atomic E-state index is 5.31. The fraction of sp³-hybridized carbons (Fsp3) is 0.800. The van der Waals surface area contributed by atoms with Crippen molar-refractivity contribution in [2.75, 3.05) is 6.54 Å². The van der Waals surface area contributed by atoms with Crippen LogP contribution in [-0.4, -0.2) is 12.6 Å². The van der Waals surface area contributed by atoms with Crippen LogP contribution in [0, 0.1) is 24.2 Å². The summed E-state index contributed by atoms with van der Waals surface area (Å²) in [5.41, 5.74) is 0. The summed E-state index contributed by atoms with van der Waals surface area (Å²) in [6.07, 6.45) is 7.73. The molecule has 3 unspecified atom stereocenters. The molecule has 1 rings (SSSR count). The van der Waals surface area contributed by atoms with Crippen LogP contribution in [0.4, 0.5) is 0 Å². The normalized spacial score (nSPS) is 31.0. The lowest BCUT2D eigenvalue weighted by atomic mass is 10.2. The number of rotatable bonds is 4. The van der Waals surface area contributed by atoms with Crippen molar-refractivity contribution in [3.05, 3.63) is 0 Å². The molecule has 0 heterocycles. The molecular weight excluding hydrogens is 134 g/mol. The monoisotopic (exact) mass is 151 g/mol. The second-order valence-corrected chi connectivity index (χ2v) is 3.51. The maximum Gasteiger partial charge on any atom is 0.0684 e. The molecule has 0 saturated heterocycles. The quantitative estimate of drug-likeness (QED) is 0.602. The van der Waals surface area contributed by atoms with Crippen LogP contribution in [-0.2, 0) is 0 Å². The van der Waals surface area contributed by atoms with Crippen molar-refractivity contribution >= 4 is 0 Å². The summed E-state index contributed by atoms with van der Waals surface area (Å²) in [6, 6.07) is 0.294. The summed E-state index contributed by atoms with van der Waals surface area (Å²) in [5.74, 6) is 4.57. The van der Waals surface area contributed by atoms with Crippen molar-refractivity contribution in [3.63, 3.8) is 0 Å². The first-order chi connectivity index (χ1) is 5.27. The largest absolute Gasteiger partial charge is 0.303 e. The van der Waals surface area contributed by atoms with Gasteiger partial charge in [-0.25, -0.2) is 0 Å². The van der Waals surface area contributed by atoms with E-state index in [0.717, 1.165) is 24.8 Å². The third-order valence-corrected chi connectivity index (χ3v) is 2.51. The molecule has 1 heteroatoms. The van der Waals surface area contributed by atoms with Crippen molar-refractivity contribution in [1.82, 2.24) is 5.32 Å². The van der Waals surface area contributed by atoms with Gasteiger partial charge in [-0.15, -0.1) is 6.42 Å². The van der Waals surface area contributed by atoms with Gasteiger partial charge in [-0.3, -0.25) is 0 Å². The molecule has 62 valence electrons. The van der Waals surface area contributed by atoms with Crippen LogP contribution in [0.1, 0.15) is 26.7 Å². The van der Waals surface area contributed by atoms with Gasteiger partial charge in [-0.1, -0.05) is 19.8 Å². The summed E-state index contributed by atoms with van der Waals surface area (Å²) < 4.78 is 0. The summed E-state index contributed by atoms with van der Waals surface area (Å²) in [6.45, 7) is 5.53. The lowest BCUT2D eigenvalue weighted by Gasteiger charge is -2.09. The zero-order valence-corrected chi connectivity index (χ0v) is 7.43. The van der Waals surface area contributed by atoms with Crippen LogP contribution in [0.25, 0.3) is 0 Å². The smallest absolute Gasteiger partial charge is 0.0684 e. The van der Waals surface area contributed by atoms with Gasteiger partial charge in [0.2, 0.25) is 0 Å². The molecule has 1 fully saturated rings. The third kappa shape index (κ3) is 2.55. The van der Waals surface area contributed by atoms with Gasteiger partial charge in [0.25, 0.3) is 0 Å². The van der Waals surface area contributed by atoms with E-state index in [1.54, 1.807) is 0 Å². The summed E-state index contributed by atoms with van der Waals surface area (Å²) in [5, 5.41) is 3.38. The molecule has 1 N–H and O–H groups in total. The Morgan fingerprint density at radius 1 is 1.73 bits per heavy atom. The van der Waals surface area contributed by atoms with E-state index in [1.807, 2.05) is 0 Å². The predicted octanol–water partition coefficient (Wildman–Crippen LogP) is 1.64. The van der Waals surface area contributed by atoms with E-state index in [4.69, 9.17) is 6.42 Å². The Labute approximate surface area is 69.6 Å². The van der Waals surface area contributed by atoms with Gasteiger partial charge in [-0.2, -0.15) is 0 Å².